The molecule has 0 aliphatic carbocycles. The van der Waals surface area contributed by atoms with Crippen molar-refractivity contribution in [2.45, 2.75) is 19.4 Å². The normalized spacial score (nSPS) is 11.7. The molecular weight excluding hydrogens is 345 g/mol. The molecule has 0 radical (unpaired) electrons. The molecule has 5 nitrogen and oxygen atoms in total. The summed E-state index contributed by atoms with van der Waals surface area (Å²) < 4.78 is 23.4. The number of benzene rings is 1. The number of ether oxygens (including phenoxy) is 2. The molecule has 21 heavy (non-hydrogen) atoms. The second kappa shape index (κ2) is 7.97. The molecule has 1 aromatic rings. The van der Waals surface area contributed by atoms with Gasteiger partial charge >= 0.3 is 5.97 Å². The van der Waals surface area contributed by atoms with Crippen LogP contribution in [0.15, 0.2) is 22.7 Å². The summed E-state index contributed by atoms with van der Waals surface area (Å²) in [7, 11) is 2.87. The summed E-state index contributed by atoms with van der Waals surface area (Å²) in [6.45, 7) is 1.83. The fourth-order valence-corrected chi connectivity index (χ4v) is 2.04. The predicted molar refractivity (Wildman–Crippen MR) is 78.5 cm³/mol. The van der Waals surface area contributed by atoms with Crippen molar-refractivity contribution in [1.29, 1.82) is 0 Å². The van der Waals surface area contributed by atoms with Crippen molar-refractivity contribution in [3.8, 4) is 5.75 Å². The van der Waals surface area contributed by atoms with Crippen molar-refractivity contribution in [1.82, 2.24) is 4.90 Å². The molecule has 0 N–H and O–H groups in total. The van der Waals surface area contributed by atoms with E-state index in [4.69, 9.17) is 4.74 Å². The van der Waals surface area contributed by atoms with E-state index in [9.17, 15) is 14.0 Å². The topological polar surface area (TPSA) is 55.8 Å². The Balaban J connectivity index is 2.59. The Labute approximate surface area is 131 Å². The fourth-order valence-electron chi connectivity index (χ4n) is 1.59. The maximum atomic E-state index is 13.0. The van der Waals surface area contributed by atoms with Gasteiger partial charge in [0.15, 0.2) is 6.10 Å². The number of esters is 1. The van der Waals surface area contributed by atoms with Crippen LogP contribution in [0.5, 0.6) is 5.75 Å². The van der Waals surface area contributed by atoms with Crippen LogP contribution in [-0.4, -0.2) is 43.6 Å². The van der Waals surface area contributed by atoms with Gasteiger partial charge in [0.2, 0.25) is 0 Å². The Kier molecular flexibility index (Phi) is 6.61. The SMILES string of the molecule is COC(=O)CCN(C)C(=O)C(C)Oc1ccc(F)cc1Br. The molecule has 0 heterocycles. The van der Waals surface area contributed by atoms with Crippen molar-refractivity contribution in [3.05, 3.63) is 28.5 Å². The number of hydrogen-bond acceptors (Lipinski definition) is 4. The molecular formula is C14H17BrFNO4. The summed E-state index contributed by atoms with van der Waals surface area (Å²) in [5.41, 5.74) is 0. The van der Waals surface area contributed by atoms with Gasteiger partial charge in [-0.05, 0) is 41.1 Å². The number of hydrogen-bond donors (Lipinski definition) is 0. The third-order valence-corrected chi connectivity index (χ3v) is 3.42. The summed E-state index contributed by atoms with van der Waals surface area (Å²) in [5.74, 6) is -0.693. The first-order valence-electron chi connectivity index (χ1n) is 6.28. The molecule has 0 aliphatic heterocycles. The van der Waals surface area contributed by atoms with Crippen LogP contribution in [0.1, 0.15) is 13.3 Å². The van der Waals surface area contributed by atoms with Crippen LogP contribution < -0.4 is 4.74 Å². The van der Waals surface area contributed by atoms with E-state index in [1.165, 1.54) is 30.2 Å². The van der Waals surface area contributed by atoms with Crippen LogP contribution in [0.4, 0.5) is 4.39 Å². The fraction of sp³-hybridized carbons (Fsp3) is 0.429. The highest BCUT2D eigenvalue weighted by Gasteiger charge is 2.20. The molecule has 1 atom stereocenters. The van der Waals surface area contributed by atoms with Gasteiger partial charge in [-0.2, -0.15) is 0 Å². The number of amides is 1. The molecule has 0 aromatic heterocycles. The van der Waals surface area contributed by atoms with Gasteiger partial charge in [-0.15, -0.1) is 0 Å². The van der Waals surface area contributed by atoms with Crippen LogP contribution in [0.25, 0.3) is 0 Å². The molecule has 1 aromatic carbocycles. The van der Waals surface area contributed by atoms with Gasteiger partial charge in [-0.1, -0.05) is 0 Å². The number of halogens is 2. The standard InChI is InChI=1S/C14H17BrFNO4/c1-9(14(19)17(2)7-6-13(18)20-3)21-12-5-4-10(16)8-11(12)15/h4-5,8-9H,6-7H2,1-3H3. The molecule has 0 saturated heterocycles. The van der Waals surface area contributed by atoms with Crippen LogP contribution in [0.3, 0.4) is 0 Å². The highest BCUT2D eigenvalue weighted by Crippen LogP contribution is 2.26. The van der Waals surface area contributed by atoms with Crippen molar-refractivity contribution in [3.63, 3.8) is 0 Å². The molecule has 0 fully saturated rings. The number of carbonyl (C=O) groups is 2. The average Bonchev–Trinajstić information content (AvgIpc) is 2.46. The lowest BCUT2D eigenvalue weighted by Crippen LogP contribution is -2.39. The zero-order chi connectivity index (χ0) is 16.0. The zero-order valence-electron chi connectivity index (χ0n) is 12.1. The predicted octanol–water partition coefficient (Wildman–Crippen LogP) is 2.38. The third kappa shape index (κ3) is 5.34. The number of methoxy groups -OCH3 is 1. The van der Waals surface area contributed by atoms with E-state index in [2.05, 4.69) is 20.7 Å². The van der Waals surface area contributed by atoms with E-state index in [0.29, 0.717) is 10.2 Å². The lowest BCUT2D eigenvalue weighted by Gasteiger charge is -2.22. The number of likely N-dealkylation sites (N-methyl/N-ethyl adjacent to an activating group) is 1. The first-order valence-corrected chi connectivity index (χ1v) is 7.08. The summed E-state index contributed by atoms with van der Waals surface area (Å²) >= 11 is 3.17. The van der Waals surface area contributed by atoms with Crippen molar-refractivity contribution in [2.24, 2.45) is 0 Å². The van der Waals surface area contributed by atoms with Gasteiger partial charge < -0.3 is 14.4 Å². The highest BCUT2D eigenvalue weighted by molar-refractivity contribution is 9.10. The molecule has 0 aliphatic rings. The Morgan fingerprint density at radius 3 is 2.67 bits per heavy atom. The highest BCUT2D eigenvalue weighted by atomic mass is 79.9. The summed E-state index contributed by atoms with van der Waals surface area (Å²) in [6, 6.07) is 3.95. The maximum absolute atomic E-state index is 13.0. The second-order valence-corrected chi connectivity index (χ2v) is 5.28. The Morgan fingerprint density at radius 1 is 1.43 bits per heavy atom. The van der Waals surface area contributed by atoms with Gasteiger partial charge in [-0.3, -0.25) is 9.59 Å². The zero-order valence-corrected chi connectivity index (χ0v) is 13.6. The largest absolute Gasteiger partial charge is 0.480 e. The molecule has 1 unspecified atom stereocenters. The van der Waals surface area contributed by atoms with E-state index < -0.39 is 11.9 Å². The molecule has 7 heteroatoms. The van der Waals surface area contributed by atoms with E-state index in [1.54, 1.807) is 14.0 Å². The molecule has 0 bridgehead atoms. The van der Waals surface area contributed by atoms with Crippen molar-refractivity contribution < 1.29 is 23.5 Å². The third-order valence-electron chi connectivity index (χ3n) is 2.80. The second-order valence-electron chi connectivity index (χ2n) is 4.42. The molecule has 1 amide bonds. The van der Waals surface area contributed by atoms with Crippen LogP contribution in [-0.2, 0) is 14.3 Å². The minimum Gasteiger partial charge on any atom is -0.480 e. The van der Waals surface area contributed by atoms with Crippen LogP contribution in [0.2, 0.25) is 0 Å². The van der Waals surface area contributed by atoms with E-state index in [-0.39, 0.29) is 24.8 Å². The Morgan fingerprint density at radius 2 is 2.10 bits per heavy atom. The molecule has 1 rings (SSSR count). The first kappa shape index (κ1) is 17.4. The number of rotatable bonds is 6. The van der Waals surface area contributed by atoms with Crippen molar-refractivity contribution in [2.75, 3.05) is 20.7 Å². The Hall–Kier alpha value is -1.63. The first-order chi connectivity index (χ1) is 9.85. The maximum Gasteiger partial charge on any atom is 0.307 e. The Bertz CT molecular complexity index is 524. The van der Waals surface area contributed by atoms with Gasteiger partial charge in [0.1, 0.15) is 11.6 Å². The number of nitrogens with zero attached hydrogens (tertiary/aromatic N) is 1. The van der Waals surface area contributed by atoms with Crippen LogP contribution >= 0.6 is 15.9 Å². The lowest BCUT2D eigenvalue weighted by molar-refractivity contribution is -0.142. The average molecular weight is 362 g/mol. The summed E-state index contributed by atoms with van der Waals surface area (Å²) in [5, 5.41) is 0. The van der Waals surface area contributed by atoms with E-state index in [0.717, 1.165) is 0 Å². The van der Waals surface area contributed by atoms with E-state index >= 15 is 0 Å². The van der Waals surface area contributed by atoms with Gasteiger partial charge in [-0.25, -0.2) is 4.39 Å². The molecule has 116 valence electrons. The quantitative estimate of drug-likeness (QED) is 0.730. The monoisotopic (exact) mass is 361 g/mol. The van der Waals surface area contributed by atoms with Crippen LogP contribution in [0, 0.1) is 5.82 Å². The summed E-state index contributed by atoms with van der Waals surface area (Å²) in [6.07, 6.45) is -0.638. The van der Waals surface area contributed by atoms with Gasteiger partial charge in [0.05, 0.1) is 18.0 Å². The smallest absolute Gasteiger partial charge is 0.307 e. The minimum atomic E-state index is -0.755. The number of carbonyl (C=O) groups excluding carboxylic acids is 2. The molecule has 0 saturated carbocycles. The van der Waals surface area contributed by atoms with E-state index in [1.807, 2.05) is 0 Å². The van der Waals surface area contributed by atoms with Crippen molar-refractivity contribution >= 4 is 27.8 Å². The summed E-state index contributed by atoms with van der Waals surface area (Å²) in [4.78, 5) is 24.5. The van der Waals surface area contributed by atoms with Gasteiger partial charge in [0.25, 0.3) is 5.91 Å². The van der Waals surface area contributed by atoms with Gasteiger partial charge in [0, 0.05) is 13.6 Å². The molecule has 0 spiro atoms. The lowest BCUT2D eigenvalue weighted by atomic mass is 10.3. The minimum absolute atomic E-state index is 0.117.